The normalized spacial score (nSPS) is 16.8. The van der Waals surface area contributed by atoms with E-state index in [0.29, 0.717) is 0 Å². The molecule has 1 aromatic rings. The van der Waals surface area contributed by atoms with Gasteiger partial charge in [0, 0.05) is 31.1 Å². The monoisotopic (exact) mass is 240 g/mol. The quantitative estimate of drug-likeness (QED) is 0.874. The van der Waals surface area contributed by atoms with E-state index in [1.54, 1.807) is 0 Å². The summed E-state index contributed by atoms with van der Waals surface area (Å²) in [6.07, 6.45) is 1.09. The number of nitrogen functional groups attached to an aromatic ring is 1. The van der Waals surface area contributed by atoms with Crippen molar-refractivity contribution in [2.45, 2.75) is 26.8 Å². The van der Waals surface area contributed by atoms with Crippen molar-refractivity contribution in [2.75, 3.05) is 35.2 Å². The second-order valence-corrected chi connectivity index (χ2v) is 5.37. The summed E-state index contributed by atoms with van der Waals surface area (Å²) in [5.74, 6) is 3.52. The van der Waals surface area contributed by atoms with Gasteiger partial charge in [-0.25, -0.2) is 4.68 Å². The van der Waals surface area contributed by atoms with Crippen LogP contribution in [0.1, 0.15) is 19.0 Å². The second-order valence-electron chi connectivity index (χ2n) is 4.15. The average Bonchev–Trinajstić information content (AvgIpc) is 2.57. The number of anilines is 2. The number of aryl methyl sites for hydroxylation is 2. The number of rotatable bonds is 3. The fourth-order valence-corrected chi connectivity index (χ4v) is 2.96. The van der Waals surface area contributed by atoms with Crippen LogP contribution in [-0.2, 0) is 6.54 Å². The first-order chi connectivity index (χ1) is 7.74. The standard InChI is InChI=1S/C11H20N4S/c1-3-4-15-11(10(12)9(2)13-15)14-5-7-16-8-6-14/h3-8,12H2,1-2H3. The molecule has 1 aliphatic rings. The number of hydrogen-bond acceptors (Lipinski definition) is 4. The van der Waals surface area contributed by atoms with Gasteiger partial charge in [0.2, 0.25) is 0 Å². The molecule has 2 N–H and O–H groups in total. The summed E-state index contributed by atoms with van der Waals surface area (Å²) in [4.78, 5) is 2.38. The smallest absolute Gasteiger partial charge is 0.150 e. The second kappa shape index (κ2) is 4.99. The van der Waals surface area contributed by atoms with Crippen molar-refractivity contribution in [3.8, 4) is 0 Å². The molecule has 0 bridgehead atoms. The van der Waals surface area contributed by atoms with Gasteiger partial charge < -0.3 is 10.6 Å². The Bertz CT molecular complexity index is 355. The van der Waals surface area contributed by atoms with Crippen molar-refractivity contribution in [1.29, 1.82) is 0 Å². The summed E-state index contributed by atoms with van der Waals surface area (Å²) in [6.45, 7) is 7.29. The van der Waals surface area contributed by atoms with Crippen molar-refractivity contribution in [2.24, 2.45) is 0 Å². The summed E-state index contributed by atoms with van der Waals surface area (Å²) >= 11 is 2.01. The molecule has 5 heteroatoms. The summed E-state index contributed by atoms with van der Waals surface area (Å²) in [5.41, 5.74) is 7.95. The van der Waals surface area contributed by atoms with Crippen molar-refractivity contribution >= 4 is 23.3 Å². The lowest BCUT2D eigenvalue weighted by molar-refractivity contribution is 0.588. The van der Waals surface area contributed by atoms with Crippen LogP contribution in [0.2, 0.25) is 0 Å². The van der Waals surface area contributed by atoms with Crippen LogP contribution in [0.5, 0.6) is 0 Å². The molecule has 4 nitrogen and oxygen atoms in total. The molecule has 1 saturated heterocycles. The van der Waals surface area contributed by atoms with Gasteiger partial charge in [0.1, 0.15) is 0 Å². The Morgan fingerprint density at radius 1 is 1.38 bits per heavy atom. The van der Waals surface area contributed by atoms with E-state index in [2.05, 4.69) is 21.6 Å². The third-order valence-corrected chi connectivity index (χ3v) is 3.83. The summed E-state index contributed by atoms with van der Waals surface area (Å²) < 4.78 is 2.07. The summed E-state index contributed by atoms with van der Waals surface area (Å²) in [5, 5.41) is 4.52. The van der Waals surface area contributed by atoms with Gasteiger partial charge >= 0.3 is 0 Å². The van der Waals surface area contributed by atoms with Crippen LogP contribution in [0, 0.1) is 6.92 Å². The van der Waals surface area contributed by atoms with E-state index in [4.69, 9.17) is 5.73 Å². The Hall–Kier alpha value is -0.840. The number of nitrogens with two attached hydrogens (primary N) is 1. The predicted octanol–water partition coefficient (Wildman–Crippen LogP) is 1.74. The van der Waals surface area contributed by atoms with E-state index in [1.807, 2.05) is 18.7 Å². The van der Waals surface area contributed by atoms with Crippen LogP contribution in [0.4, 0.5) is 11.5 Å². The van der Waals surface area contributed by atoms with Crippen LogP contribution in [0.25, 0.3) is 0 Å². The highest BCUT2D eigenvalue weighted by Crippen LogP contribution is 2.28. The molecule has 1 aliphatic heterocycles. The number of hydrogen-bond donors (Lipinski definition) is 1. The van der Waals surface area contributed by atoms with E-state index < -0.39 is 0 Å². The molecule has 1 fully saturated rings. The molecular weight excluding hydrogens is 220 g/mol. The van der Waals surface area contributed by atoms with E-state index in [9.17, 15) is 0 Å². The maximum atomic E-state index is 6.13. The largest absolute Gasteiger partial charge is 0.394 e. The molecule has 0 spiro atoms. The predicted molar refractivity (Wildman–Crippen MR) is 71.2 cm³/mol. The highest BCUT2D eigenvalue weighted by atomic mass is 32.2. The Kier molecular flexibility index (Phi) is 3.63. The molecule has 16 heavy (non-hydrogen) atoms. The van der Waals surface area contributed by atoms with Crippen molar-refractivity contribution < 1.29 is 0 Å². The lowest BCUT2D eigenvalue weighted by Gasteiger charge is -2.29. The van der Waals surface area contributed by atoms with Gasteiger partial charge in [0.05, 0.1) is 11.4 Å². The van der Waals surface area contributed by atoms with E-state index in [0.717, 1.165) is 43.3 Å². The first kappa shape index (κ1) is 11.6. The van der Waals surface area contributed by atoms with Gasteiger partial charge in [-0.15, -0.1) is 0 Å². The van der Waals surface area contributed by atoms with Crippen molar-refractivity contribution in [3.05, 3.63) is 5.69 Å². The van der Waals surface area contributed by atoms with Crippen LogP contribution in [0.15, 0.2) is 0 Å². The summed E-state index contributed by atoms with van der Waals surface area (Å²) in [6, 6.07) is 0. The number of thioether (sulfide) groups is 1. The molecule has 2 rings (SSSR count). The molecular formula is C11H20N4S. The highest BCUT2D eigenvalue weighted by Gasteiger charge is 2.20. The molecule has 0 atom stereocenters. The van der Waals surface area contributed by atoms with Crippen LogP contribution < -0.4 is 10.6 Å². The maximum Gasteiger partial charge on any atom is 0.150 e. The molecule has 0 aromatic carbocycles. The molecule has 0 aliphatic carbocycles. The minimum Gasteiger partial charge on any atom is -0.394 e. The maximum absolute atomic E-state index is 6.13. The van der Waals surface area contributed by atoms with E-state index in [1.165, 1.54) is 11.5 Å². The van der Waals surface area contributed by atoms with Crippen molar-refractivity contribution in [1.82, 2.24) is 9.78 Å². The zero-order chi connectivity index (χ0) is 11.5. The van der Waals surface area contributed by atoms with Gasteiger partial charge in [0.15, 0.2) is 5.82 Å². The first-order valence-electron chi connectivity index (χ1n) is 5.89. The third-order valence-electron chi connectivity index (χ3n) is 2.89. The van der Waals surface area contributed by atoms with Gasteiger partial charge in [-0.05, 0) is 13.3 Å². The first-order valence-corrected chi connectivity index (χ1v) is 7.05. The average molecular weight is 240 g/mol. The fraction of sp³-hybridized carbons (Fsp3) is 0.727. The molecule has 2 heterocycles. The molecule has 90 valence electrons. The van der Waals surface area contributed by atoms with Gasteiger partial charge in [-0.1, -0.05) is 6.92 Å². The lowest BCUT2D eigenvalue weighted by atomic mass is 10.3. The molecule has 0 saturated carbocycles. The number of aromatic nitrogens is 2. The van der Waals surface area contributed by atoms with E-state index >= 15 is 0 Å². The van der Waals surface area contributed by atoms with Crippen LogP contribution in [-0.4, -0.2) is 34.4 Å². The Labute approximate surface area is 101 Å². The minimum absolute atomic E-state index is 0.861. The van der Waals surface area contributed by atoms with Crippen molar-refractivity contribution in [3.63, 3.8) is 0 Å². The topological polar surface area (TPSA) is 47.1 Å². The Morgan fingerprint density at radius 2 is 2.06 bits per heavy atom. The Balaban J connectivity index is 2.28. The highest BCUT2D eigenvalue weighted by molar-refractivity contribution is 7.99. The minimum atomic E-state index is 0.861. The van der Waals surface area contributed by atoms with Gasteiger partial charge in [-0.3, -0.25) is 0 Å². The number of nitrogens with zero attached hydrogens (tertiary/aromatic N) is 3. The molecule has 0 amide bonds. The SMILES string of the molecule is CCCn1nc(C)c(N)c1N1CCSCC1. The molecule has 0 radical (unpaired) electrons. The van der Waals surface area contributed by atoms with Gasteiger partial charge in [-0.2, -0.15) is 16.9 Å². The molecule has 1 aromatic heterocycles. The molecule has 0 unspecified atom stereocenters. The Morgan fingerprint density at radius 3 is 2.69 bits per heavy atom. The van der Waals surface area contributed by atoms with E-state index in [-0.39, 0.29) is 0 Å². The zero-order valence-electron chi connectivity index (χ0n) is 10.1. The van der Waals surface area contributed by atoms with Gasteiger partial charge in [0.25, 0.3) is 0 Å². The summed E-state index contributed by atoms with van der Waals surface area (Å²) in [7, 11) is 0. The lowest BCUT2D eigenvalue weighted by Crippen LogP contribution is -2.34. The zero-order valence-corrected chi connectivity index (χ0v) is 10.9. The third kappa shape index (κ3) is 2.14. The van der Waals surface area contributed by atoms with Crippen LogP contribution >= 0.6 is 11.8 Å². The van der Waals surface area contributed by atoms with Crippen LogP contribution in [0.3, 0.4) is 0 Å². The fourth-order valence-electron chi connectivity index (χ4n) is 2.06.